The molecule has 0 fully saturated rings. The topological polar surface area (TPSA) is 70.6 Å². The first-order valence-electron chi connectivity index (χ1n) is 8.27. The van der Waals surface area contributed by atoms with Crippen molar-refractivity contribution in [2.24, 2.45) is 0 Å². The Hall–Kier alpha value is -1.79. The smallest absolute Gasteiger partial charge is 0.221 e. The fourth-order valence-electron chi connectivity index (χ4n) is 2.29. The molecule has 5 nitrogen and oxygen atoms in total. The molecule has 2 aromatic carbocycles. The largest absolute Gasteiger partial charge is 0.491 e. The Morgan fingerprint density at radius 2 is 1.88 bits per heavy atom. The lowest BCUT2D eigenvalue weighted by atomic mass is 10.1. The zero-order valence-electron chi connectivity index (χ0n) is 14.5. The van der Waals surface area contributed by atoms with E-state index in [-0.39, 0.29) is 12.5 Å². The fraction of sp³-hybridized carbons (Fsp3) is 0.316. The number of hydrogen-bond acceptors (Lipinski definition) is 4. The second kappa shape index (κ2) is 10.4. The molecule has 26 heavy (non-hydrogen) atoms. The van der Waals surface area contributed by atoms with E-state index >= 15 is 0 Å². The van der Waals surface area contributed by atoms with Crippen LogP contribution in [0.5, 0.6) is 5.75 Å². The minimum atomic E-state index is -0.626. The Morgan fingerprint density at radius 3 is 2.54 bits per heavy atom. The van der Waals surface area contributed by atoms with Crippen LogP contribution in [0.15, 0.2) is 42.5 Å². The van der Waals surface area contributed by atoms with Gasteiger partial charge in [-0.15, -0.1) is 0 Å². The Bertz CT molecular complexity index is 723. The molecule has 2 aromatic rings. The number of amides is 1. The highest BCUT2D eigenvalue weighted by atomic mass is 35.5. The van der Waals surface area contributed by atoms with E-state index in [1.54, 1.807) is 30.3 Å². The van der Waals surface area contributed by atoms with Crippen LogP contribution in [0.25, 0.3) is 0 Å². The molecule has 0 aliphatic heterocycles. The van der Waals surface area contributed by atoms with Gasteiger partial charge in [-0.3, -0.25) is 4.79 Å². The van der Waals surface area contributed by atoms with Gasteiger partial charge >= 0.3 is 0 Å². The van der Waals surface area contributed by atoms with Crippen molar-refractivity contribution in [1.29, 1.82) is 0 Å². The maximum atomic E-state index is 11.0. The van der Waals surface area contributed by atoms with Crippen LogP contribution in [0.1, 0.15) is 12.5 Å². The van der Waals surface area contributed by atoms with Crippen molar-refractivity contribution in [3.8, 4) is 5.75 Å². The van der Waals surface area contributed by atoms with Gasteiger partial charge in [0.15, 0.2) is 0 Å². The molecule has 0 aliphatic carbocycles. The molecule has 0 saturated heterocycles. The first kappa shape index (κ1) is 20.5. The van der Waals surface area contributed by atoms with Crippen molar-refractivity contribution in [2.45, 2.75) is 19.4 Å². The molecule has 1 amide bonds. The second-order valence-electron chi connectivity index (χ2n) is 5.87. The van der Waals surface area contributed by atoms with E-state index in [1.165, 1.54) is 6.92 Å². The van der Waals surface area contributed by atoms with Gasteiger partial charge in [0.2, 0.25) is 5.91 Å². The number of carbonyl (C=O) groups excluding carboxylic acids is 1. The average molecular weight is 397 g/mol. The summed E-state index contributed by atoms with van der Waals surface area (Å²) in [4.78, 5) is 11.0. The Kier molecular flexibility index (Phi) is 8.19. The summed E-state index contributed by atoms with van der Waals surface area (Å²) < 4.78 is 5.54. The van der Waals surface area contributed by atoms with E-state index in [0.29, 0.717) is 34.6 Å². The minimum Gasteiger partial charge on any atom is -0.491 e. The van der Waals surface area contributed by atoms with E-state index in [2.05, 4.69) is 10.6 Å². The zero-order valence-corrected chi connectivity index (χ0v) is 16.0. The Labute approximate surface area is 163 Å². The lowest BCUT2D eigenvalue weighted by molar-refractivity contribution is -0.114. The molecule has 0 unspecified atom stereocenters. The molecular weight excluding hydrogens is 375 g/mol. The molecule has 140 valence electrons. The number of halogens is 2. The predicted octanol–water partition coefficient (Wildman–Crippen LogP) is 3.52. The SMILES string of the molecule is CC(=O)Nc1ccc(OC[C@@H](O)CNCCc2ccc(Cl)c(Cl)c2)cc1. The van der Waals surface area contributed by atoms with E-state index < -0.39 is 6.10 Å². The predicted molar refractivity (Wildman–Crippen MR) is 105 cm³/mol. The number of ether oxygens (including phenoxy) is 1. The molecule has 1 atom stereocenters. The first-order valence-corrected chi connectivity index (χ1v) is 9.03. The van der Waals surface area contributed by atoms with Gasteiger partial charge < -0.3 is 20.5 Å². The Morgan fingerprint density at radius 1 is 1.15 bits per heavy atom. The molecule has 3 N–H and O–H groups in total. The van der Waals surface area contributed by atoms with E-state index in [9.17, 15) is 9.90 Å². The van der Waals surface area contributed by atoms with Crippen molar-refractivity contribution in [3.63, 3.8) is 0 Å². The second-order valence-corrected chi connectivity index (χ2v) is 6.69. The number of aliphatic hydroxyl groups is 1. The summed E-state index contributed by atoms with van der Waals surface area (Å²) >= 11 is 11.9. The quantitative estimate of drug-likeness (QED) is 0.567. The number of rotatable bonds is 9. The molecule has 0 saturated carbocycles. The third-order valence-corrected chi connectivity index (χ3v) is 4.31. The lowest BCUT2D eigenvalue weighted by Gasteiger charge is -2.14. The number of benzene rings is 2. The zero-order chi connectivity index (χ0) is 18.9. The molecule has 0 radical (unpaired) electrons. The minimum absolute atomic E-state index is 0.124. The molecule has 2 rings (SSSR count). The van der Waals surface area contributed by atoms with Crippen LogP contribution in [-0.4, -0.2) is 36.8 Å². The summed E-state index contributed by atoms with van der Waals surface area (Å²) in [5.41, 5.74) is 1.78. The Balaban J connectivity index is 1.64. The van der Waals surface area contributed by atoms with Gasteiger partial charge in [-0.2, -0.15) is 0 Å². The van der Waals surface area contributed by atoms with Crippen LogP contribution in [0, 0.1) is 0 Å². The average Bonchev–Trinajstić information content (AvgIpc) is 2.60. The summed E-state index contributed by atoms with van der Waals surface area (Å²) in [5.74, 6) is 0.509. The fourth-order valence-corrected chi connectivity index (χ4v) is 2.61. The number of carbonyl (C=O) groups is 1. The summed E-state index contributed by atoms with van der Waals surface area (Å²) in [5, 5.41) is 16.9. The summed E-state index contributed by atoms with van der Waals surface area (Å²) in [6.07, 6.45) is 0.161. The van der Waals surface area contributed by atoms with Crippen molar-refractivity contribution in [3.05, 3.63) is 58.1 Å². The van der Waals surface area contributed by atoms with Crippen LogP contribution >= 0.6 is 23.2 Å². The van der Waals surface area contributed by atoms with Crippen molar-refractivity contribution >= 4 is 34.8 Å². The highest BCUT2D eigenvalue weighted by molar-refractivity contribution is 6.42. The van der Waals surface area contributed by atoms with Gasteiger partial charge in [-0.25, -0.2) is 0 Å². The number of hydrogen-bond donors (Lipinski definition) is 3. The van der Waals surface area contributed by atoms with Gasteiger partial charge in [0.25, 0.3) is 0 Å². The van der Waals surface area contributed by atoms with Crippen molar-refractivity contribution < 1.29 is 14.6 Å². The van der Waals surface area contributed by atoms with Crippen LogP contribution in [0.3, 0.4) is 0 Å². The number of anilines is 1. The number of nitrogens with one attached hydrogen (secondary N) is 2. The van der Waals surface area contributed by atoms with Crippen molar-refractivity contribution in [1.82, 2.24) is 5.32 Å². The van der Waals surface area contributed by atoms with Crippen LogP contribution in [0.4, 0.5) is 5.69 Å². The van der Waals surface area contributed by atoms with Gasteiger partial charge in [0.1, 0.15) is 18.5 Å². The molecule has 0 aromatic heterocycles. The normalized spacial score (nSPS) is 11.8. The van der Waals surface area contributed by atoms with E-state index in [1.807, 2.05) is 12.1 Å². The third kappa shape index (κ3) is 7.22. The standard InChI is InChI=1S/C19H22Cl2N2O3/c1-13(24)23-15-3-5-17(6-4-15)26-12-16(25)11-22-9-8-14-2-7-18(20)19(21)10-14/h2-7,10,16,22,25H,8-9,11-12H2,1H3,(H,23,24)/t16-/m0/s1. The maximum Gasteiger partial charge on any atom is 0.221 e. The molecule has 0 heterocycles. The summed E-state index contributed by atoms with van der Waals surface area (Å²) in [6.45, 7) is 2.76. The van der Waals surface area contributed by atoms with Gasteiger partial charge in [0, 0.05) is 19.2 Å². The molecular formula is C19H22Cl2N2O3. The van der Waals surface area contributed by atoms with Gasteiger partial charge in [-0.1, -0.05) is 29.3 Å². The number of aliphatic hydroxyl groups excluding tert-OH is 1. The highest BCUT2D eigenvalue weighted by Crippen LogP contribution is 2.22. The highest BCUT2D eigenvalue weighted by Gasteiger charge is 2.06. The van der Waals surface area contributed by atoms with Crippen LogP contribution in [-0.2, 0) is 11.2 Å². The summed E-state index contributed by atoms with van der Waals surface area (Å²) in [7, 11) is 0. The first-order chi connectivity index (χ1) is 12.4. The molecule has 7 heteroatoms. The van der Waals surface area contributed by atoms with Gasteiger partial charge in [-0.05, 0) is 54.9 Å². The van der Waals surface area contributed by atoms with E-state index in [4.69, 9.17) is 27.9 Å². The van der Waals surface area contributed by atoms with Crippen LogP contribution < -0.4 is 15.4 Å². The maximum absolute atomic E-state index is 11.0. The monoisotopic (exact) mass is 396 g/mol. The van der Waals surface area contributed by atoms with E-state index in [0.717, 1.165) is 12.0 Å². The molecule has 0 spiro atoms. The van der Waals surface area contributed by atoms with Gasteiger partial charge in [0.05, 0.1) is 10.0 Å². The van der Waals surface area contributed by atoms with Crippen LogP contribution in [0.2, 0.25) is 10.0 Å². The molecule has 0 aliphatic rings. The lowest BCUT2D eigenvalue weighted by Crippen LogP contribution is -2.32. The third-order valence-electron chi connectivity index (χ3n) is 3.57. The summed E-state index contributed by atoms with van der Waals surface area (Å²) in [6, 6.07) is 12.5. The molecule has 0 bridgehead atoms. The van der Waals surface area contributed by atoms with Crippen molar-refractivity contribution in [2.75, 3.05) is 25.0 Å².